The molecule has 0 aliphatic rings. The summed E-state index contributed by atoms with van der Waals surface area (Å²) in [6.45, 7) is 2.00. The van der Waals surface area contributed by atoms with Gasteiger partial charge in [-0.05, 0) is 36.8 Å². The van der Waals surface area contributed by atoms with Gasteiger partial charge < -0.3 is 14.8 Å². The summed E-state index contributed by atoms with van der Waals surface area (Å²) in [6, 6.07) is 24.6. The molecule has 7 heteroatoms. The first kappa shape index (κ1) is 24.2. The lowest BCUT2D eigenvalue weighted by molar-refractivity contribution is 0.0603. The number of aromatic nitrogens is 1. The van der Waals surface area contributed by atoms with Gasteiger partial charge in [0.1, 0.15) is 16.3 Å². The number of thiophene rings is 1. The Labute approximate surface area is 218 Å². The van der Waals surface area contributed by atoms with Crippen LogP contribution in [0.4, 0.5) is 5.00 Å². The molecule has 2 aromatic heterocycles. The highest BCUT2D eigenvalue weighted by molar-refractivity contribution is 7.15. The number of fused-ring (bicyclic) bond motifs is 1. The van der Waals surface area contributed by atoms with Gasteiger partial charge in [-0.1, -0.05) is 60.2 Å². The van der Waals surface area contributed by atoms with Crippen LogP contribution in [0.5, 0.6) is 5.75 Å². The van der Waals surface area contributed by atoms with E-state index in [1.165, 1.54) is 18.4 Å². The Kier molecular flexibility index (Phi) is 6.70. The molecule has 5 rings (SSSR count). The van der Waals surface area contributed by atoms with Crippen molar-refractivity contribution in [2.24, 2.45) is 0 Å². The molecule has 0 saturated carbocycles. The Bertz CT molecular complexity index is 1620. The first-order valence-corrected chi connectivity index (χ1v) is 12.5. The summed E-state index contributed by atoms with van der Waals surface area (Å²) in [4.78, 5) is 31.3. The van der Waals surface area contributed by atoms with Crippen molar-refractivity contribution in [3.63, 3.8) is 0 Å². The number of nitrogens with one attached hydrogen (secondary N) is 1. The van der Waals surface area contributed by atoms with Crippen LogP contribution < -0.4 is 10.1 Å². The summed E-state index contributed by atoms with van der Waals surface area (Å²) < 4.78 is 10.4. The number of pyridine rings is 1. The Hall–Kier alpha value is -4.49. The molecular formula is C30H24N2O4S. The molecule has 0 bridgehead atoms. The predicted octanol–water partition coefficient (Wildman–Crippen LogP) is 6.99. The van der Waals surface area contributed by atoms with Crippen LogP contribution in [-0.2, 0) is 4.74 Å². The number of hydrogen-bond donors (Lipinski definition) is 1. The van der Waals surface area contributed by atoms with Gasteiger partial charge in [0.05, 0.1) is 31.0 Å². The molecular weight excluding hydrogens is 484 g/mol. The normalized spacial score (nSPS) is 10.8. The molecule has 184 valence electrons. The number of anilines is 1. The number of carbonyl (C=O) groups excluding carboxylic acids is 2. The average molecular weight is 509 g/mol. The molecule has 1 N–H and O–H groups in total. The number of carbonyl (C=O) groups is 2. The largest absolute Gasteiger partial charge is 0.497 e. The fourth-order valence-corrected chi connectivity index (χ4v) is 5.12. The van der Waals surface area contributed by atoms with Crippen LogP contribution in [0.15, 0.2) is 84.2 Å². The van der Waals surface area contributed by atoms with Crippen LogP contribution in [0, 0.1) is 6.92 Å². The van der Waals surface area contributed by atoms with Crippen molar-refractivity contribution in [1.29, 1.82) is 0 Å². The van der Waals surface area contributed by atoms with Gasteiger partial charge in [-0.3, -0.25) is 4.79 Å². The predicted molar refractivity (Wildman–Crippen MR) is 148 cm³/mol. The molecule has 0 atom stereocenters. The number of methoxy groups -OCH3 is 2. The molecule has 6 nitrogen and oxygen atoms in total. The van der Waals surface area contributed by atoms with E-state index in [0.29, 0.717) is 44.0 Å². The summed E-state index contributed by atoms with van der Waals surface area (Å²) in [7, 11) is 2.94. The van der Waals surface area contributed by atoms with E-state index in [9.17, 15) is 9.59 Å². The van der Waals surface area contributed by atoms with E-state index in [1.54, 1.807) is 13.2 Å². The second-order valence-electron chi connectivity index (χ2n) is 8.47. The van der Waals surface area contributed by atoms with E-state index in [0.717, 1.165) is 16.7 Å². The van der Waals surface area contributed by atoms with Crippen molar-refractivity contribution in [2.45, 2.75) is 6.92 Å². The lowest BCUT2D eigenvalue weighted by Gasteiger charge is -2.12. The lowest BCUT2D eigenvalue weighted by Crippen LogP contribution is -2.15. The number of aryl methyl sites for hydroxylation is 1. The van der Waals surface area contributed by atoms with Crippen molar-refractivity contribution in [1.82, 2.24) is 4.98 Å². The van der Waals surface area contributed by atoms with E-state index in [1.807, 2.05) is 85.1 Å². The molecule has 0 aliphatic carbocycles. The third kappa shape index (κ3) is 4.81. The maximum absolute atomic E-state index is 13.7. The maximum Gasteiger partial charge on any atom is 0.341 e. The number of benzene rings is 3. The number of para-hydroxylation sites is 1. The van der Waals surface area contributed by atoms with E-state index in [2.05, 4.69) is 5.32 Å². The van der Waals surface area contributed by atoms with E-state index in [-0.39, 0.29) is 5.91 Å². The molecule has 0 aliphatic heterocycles. The van der Waals surface area contributed by atoms with Crippen molar-refractivity contribution in [3.8, 4) is 28.1 Å². The molecule has 0 saturated heterocycles. The highest BCUT2D eigenvalue weighted by atomic mass is 32.1. The number of esters is 1. The molecule has 1 amide bonds. The molecule has 2 heterocycles. The second-order valence-corrected chi connectivity index (χ2v) is 9.35. The van der Waals surface area contributed by atoms with Crippen molar-refractivity contribution >= 4 is 39.1 Å². The standard InChI is InChI=1S/C30H24N2O4S/c1-18-11-13-19(14-12-18)24-17-37-29(27(24)30(34)36-3)32-28(33)23-16-26(20-7-6-8-21(15-20)35-2)31-25-10-5-4-9-22(23)25/h4-17H,1-3H3,(H,32,33). The number of ether oxygens (including phenoxy) is 2. The molecule has 0 radical (unpaired) electrons. The Morgan fingerprint density at radius 2 is 1.68 bits per heavy atom. The van der Waals surface area contributed by atoms with Crippen molar-refractivity contribution in [3.05, 3.63) is 101 Å². The van der Waals surface area contributed by atoms with Crippen molar-refractivity contribution in [2.75, 3.05) is 19.5 Å². The monoisotopic (exact) mass is 508 g/mol. The number of nitrogens with zero attached hydrogens (tertiary/aromatic N) is 1. The second kappa shape index (κ2) is 10.2. The third-order valence-electron chi connectivity index (χ3n) is 6.10. The summed E-state index contributed by atoms with van der Waals surface area (Å²) in [5, 5.41) is 5.96. The molecule has 0 unspecified atom stereocenters. The quantitative estimate of drug-likeness (QED) is 0.250. The third-order valence-corrected chi connectivity index (χ3v) is 6.99. The van der Waals surface area contributed by atoms with Crippen LogP contribution in [0.25, 0.3) is 33.3 Å². The minimum Gasteiger partial charge on any atom is -0.497 e. The zero-order chi connectivity index (χ0) is 25.9. The van der Waals surface area contributed by atoms with Gasteiger partial charge >= 0.3 is 5.97 Å². The topological polar surface area (TPSA) is 77.5 Å². The highest BCUT2D eigenvalue weighted by Gasteiger charge is 2.24. The zero-order valence-electron chi connectivity index (χ0n) is 20.6. The number of hydrogen-bond acceptors (Lipinski definition) is 6. The van der Waals surface area contributed by atoms with Crippen LogP contribution in [0.1, 0.15) is 26.3 Å². The number of amides is 1. The van der Waals surface area contributed by atoms with Gasteiger partial charge in [-0.2, -0.15) is 0 Å². The minimum absolute atomic E-state index is 0.330. The summed E-state index contributed by atoms with van der Waals surface area (Å²) in [6.07, 6.45) is 0. The smallest absolute Gasteiger partial charge is 0.341 e. The fourth-order valence-electron chi connectivity index (χ4n) is 4.16. The average Bonchev–Trinajstić information content (AvgIpc) is 3.35. The van der Waals surface area contributed by atoms with Gasteiger partial charge in [-0.15, -0.1) is 11.3 Å². The van der Waals surface area contributed by atoms with Crippen LogP contribution >= 0.6 is 11.3 Å². The van der Waals surface area contributed by atoms with Crippen LogP contribution in [-0.4, -0.2) is 31.1 Å². The lowest BCUT2D eigenvalue weighted by atomic mass is 10.0. The Balaban J connectivity index is 1.58. The molecule has 0 fully saturated rings. The van der Waals surface area contributed by atoms with Crippen LogP contribution in [0.2, 0.25) is 0 Å². The fraction of sp³-hybridized carbons (Fsp3) is 0.100. The highest BCUT2D eigenvalue weighted by Crippen LogP contribution is 2.37. The Morgan fingerprint density at radius 3 is 2.43 bits per heavy atom. The molecule has 37 heavy (non-hydrogen) atoms. The Morgan fingerprint density at radius 1 is 0.892 bits per heavy atom. The van der Waals surface area contributed by atoms with E-state index < -0.39 is 5.97 Å². The SMILES string of the molecule is COC(=O)c1c(-c2ccc(C)cc2)csc1NC(=O)c1cc(-c2cccc(OC)c2)nc2ccccc12. The zero-order valence-corrected chi connectivity index (χ0v) is 21.4. The first-order valence-electron chi connectivity index (χ1n) is 11.6. The van der Waals surface area contributed by atoms with Crippen molar-refractivity contribution < 1.29 is 19.1 Å². The van der Waals surface area contributed by atoms with E-state index in [4.69, 9.17) is 14.5 Å². The summed E-state index contributed by atoms with van der Waals surface area (Å²) in [5.41, 5.74) is 5.63. The van der Waals surface area contributed by atoms with Gasteiger partial charge in [0.15, 0.2) is 0 Å². The summed E-state index contributed by atoms with van der Waals surface area (Å²) >= 11 is 1.29. The van der Waals surface area contributed by atoms with E-state index >= 15 is 0 Å². The molecule has 0 spiro atoms. The van der Waals surface area contributed by atoms with Gasteiger partial charge in [0.25, 0.3) is 5.91 Å². The first-order chi connectivity index (χ1) is 18.0. The van der Waals surface area contributed by atoms with Gasteiger partial charge in [0, 0.05) is 21.9 Å². The molecule has 5 aromatic rings. The van der Waals surface area contributed by atoms with Gasteiger partial charge in [-0.25, -0.2) is 9.78 Å². The summed E-state index contributed by atoms with van der Waals surface area (Å²) in [5.74, 6) is -0.155. The number of rotatable bonds is 6. The maximum atomic E-state index is 13.7. The molecule has 3 aromatic carbocycles. The minimum atomic E-state index is -0.510. The van der Waals surface area contributed by atoms with Gasteiger partial charge in [0.2, 0.25) is 0 Å². The van der Waals surface area contributed by atoms with Crippen LogP contribution in [0.3, 0.4) is 0 Å².